The van der Waals surface area contributed by atoms with Gasteiger partial charge in [0.15, 0.2) is 0 Å². The van der Waals surface area contributed by atoms with Gasteiger partial charge in [-0.2, -0.15) is 0 Å². The van der Waals surface area contributed by atoms with Gasteiger partial charge in [0.1, 0.15) is 11.6 Å². The largest absolute Gasteiger partial charge is 0.356 e. The fourth-order valence-corrected chi connectivity index (χ4v) is 3.39. The molecule has 1 saturated carbocycles. The molecule has 1 aliphatic carbocycles. The standard InChI is InChI=1S/C18H23N5O/c1-13-10-19-12-23(18(13)24)11-14-5-8-22(9-6-14)16-4-7-20-17(21-16)15-2-3-15/h4,7,10,12,14-15H,2-3,5-6,8-9,11H2,1H3. The minimum atomic E-state index is 0.0808. The second-order valence-electron chi connectivity index (χ2n) is 7.01. The molecule has 0 amide bonds. The van der Waals surface area contributed by atoms with Crippen LogP contribution in [-0.2, 0) is 6.54 Å². The van der Waals surface area contributed by atoms with Gasteiger partial charge < -0.3 is 4.90 Å². The lowest BCUT2D eigenvalue weighted by Crippen LogP contribution is -2.37. The van der Waals surface area contributed by atoms with Crippen LogP contribution in [0.2, 0.25) is 0 Å². The molecule has 126 valence electrons. The van der Waals surface area contributed by atoms with Crippen LogP contribution in [0.25, 0.3) is 0 Å². The van der Waals surface area contributed by atoms with Crippen LogP contribution in [-0.4, -0.2) is 32.6 Å². The van der Waals surface area contributed by atoms with E-state index in [-0.39, 0.29) is 5.56 Å². The van der Waals surface area contributed by atoms with Crippen LogP contribution in [0.5, 0.6) is 0 Å². The van der Waals surface area contributed by atoms with E-state index in [1.807, 2.05) is 19.2 Å². The van der Waals surface area contributed by atoms with Crippen molar-refractivity contribution in [2.45, 2.75) is 45.1 Å². The van der Waals surface area contributed by atoms with Crippen molar-refractivity contribution in [3.05, 3.63) is 46.5 Å². The lowest BCUT2D eigenvalue weighted by molar-refractivity contribution is 0.349. The molecule has 0 radical (unpaired) electrons. The highest BCUT2D eigenvalue weighted by Gasteiger charge is 2.27. The zero-order valence-electron chi connectivity index (χ0n) is 14.1. The zero-order chi connectivity index (χ0) is 16.5. The second kappa shape index (κ2) is 6.34. The lowest BCUT2D eigenvalue weighted by Gasteiger charge is -2.33. The summed E-state index contributed by atoms with van der Waals surface area (Å²) in [7, 11) is 0. The van der Waals surface area contributed by atoms with Crippen LogP contribution in [0.4, 0.5) is 5.82 Å². The number of hydrogen-bond donors (Lipinski definition) is 0. The molecule has 0 spiro atoms. The Balaban J connectivity index is 1.39. The van der Waals surface area contributed by atoms with Crippen molar-refractivity contribution >= 4 is 5.82 Å². The third-order valence-corrected chi connectivity index (χ3v) is 5.07. The summed E-state index contributed by atoms with van der Waals surface area (Å²) in [6.45, 7) is 4.55. The van der Waals surface area contributed by atoms with Gasteiger partial charge in [0.25, 0.3) is 5.56 Å². The number of aromatic nitrogens is 4. The molecule has 0 bridgehead atoms. The van der Waals surface area contributed by atoms with Crippen LogP contribution >= 0.6 is 0 Å². The fraction of sp³-hybridized carbons (Fsp3) is 0.556. The van der Waals surface area contributed by atoms with Crippen molar-refractivity contribution in [1.29, 1.82) is 0 Å². The molecule has 4 rings (SSSR count). The molecule has 0 N–H and O–H groups in total. The minimum Gasteiger partial charge on any atom is -0.356 e. The number of rotatable bonds is 4. The van der Waals surface area contributed by atoms with Crippen LogP contribution in [0.1, 0.15) is 43.0 Å². The van der Waals surface area contributed by atoms with Gasteiger partial charge in [0.2, 0.25) is 0 Å². The van der Waals surface area contributed by atoms with E-state index in [0.29, 0.717) is 17.4 Å². The molecule has 1 saturated heterocycles. The first-order chi connectivity index (χ1) is 11.7. The highest BCUT2D eigenvalue weighted by atomic mass is 16.1. The number of piperidine rings is 1. The van der Waals surface area contributed by atoms with Crippen LogP contribution in [0.15, 0.2) is 29.6 Å². The predicted octanol–water partition coefficient (Wildman–Crippen LogP) is 2.14. The average molecular weight is 325 g/mol. The Bertz CT molecular complexity index is 775. The molecule has 2 aromatic heterocycles. The summed E-state index contributed by atoms with van der Waals surface area (Å²) in [5.74, 6) is 3.17. The molecule has 2 aromatic rings. The molecule has 0 aromatic carbocycles. The normalized spacial score (nSPS) is 18.8. The van der Waals surface area contributed by atoms with Gasteiger partial charge in [-0.25, -0.2) is 15.0 Å². The van der Waals surface area contributed by atoms with Crippen molar-refractivity contribution in [1.82, 2.24) is 19.5 Å². The number of nitrogens with zero attached hydrogens (tertiary/aromatic N) is 5. The van der Waals surface area contributed by atoms with Gasteiger partial charge in [-0.1, -0.05) is 0 Å². The topological polar surface area (TPSA) is 63.9 Å². The molecule has 1 aliphatic heterocycles. The Morgan fingerprint density at radius 1 is 1.21 bits per heavy atom. The van der Waals surface area contributed by atoms with Gasteiger partial charge in [0, 0.05) is 43.5 Å². The highest BCUT2D eigenvalue weighted by Crippen LogP contribution is 2.38. The van der Waals surface area contributed by atoms with E-state index >= 15 is 0 Å². The average Bonchev–Trinajstić information content (AvgIpc) is 3.45. The lowest BCUT2D eigenvalue weighted by atomic mass is 9.96. The number of aryl methyl sites for hydroxylation is 1. The van der Waals surface area contributed by atoms with E-state index in [1.165, 1.54) is 12.8 Å². The van der Waals surface area contributed by atoms with E-state index in [0.717, 1.165) is 44.1 Å². The maximum Gasteiger partial charge on any atom is 0.256 e. The fourth-order valence-electron chi connectivity index (χ4n) is 3.39. The molecule has 0 atom stereocenters. The van der Waals surface area contributed by atoms with Crippen molar-refractivity contribution in [3.8, 4) is 0 Å². The summed E-state index contributed by atoms with van der Waals surface area (Å²) in [5, 5.41) is 0. The summed E-state index contributed by atoms with van der Waals surface area (Å²) in [6, 6.07) is 2.02. The van der Waals surface area contributed by atoms with Gasteiger partial charge in [0.05, 0.1) is 6.33 Å². The summed E-state index contributed by atoms with van der Waals surface area (Å²) in [5.41, 5.74) is 0.792. The van der Waals surface area contributed by atoms with Gasteiger partial charge in [-0.05, 0) is 44.6 Å². The van der Waals surface area contributed by atoms with E-state index in [2.05, 4.69) is 14.9 Å². The first-order valence-corrected chi connectivity index (χ1v) is 8.79. The molecular formula is C18H23N5O. The Labute approximate surface area is 141 Å². The summed E-state index contributed by atoms with van der Waals surface area (Å²) >= 11 is 0. The molecule has 2 aliphatic rings. The number of anilines is 1. The quantitative estimate of drug-likeness (QED) is 0.862. The van der Waals surface area contributed by atoms with E-state index in [9.17, 15) is 4.79 Å². The molecule has 6 heteroatoms. The van der Waals surface area contributed by atoms with Gasteiger partial charge >= 0.3 is 0 Å². The Morgan fingerprint density at radius 3 is 2.75 bits per heavy atom. The van der Waals surface area contributed by atoms with E-state index in [4.69, 9.17) is 4.98 Å². The van der Waals surface area contributed by atoms with Crippen LogP contribution in [0.3, 0.4) is 0 Å². The second-order valence-corrected chi connectivity index (χ2v) is 7.01. The van der Waals surface area contributed by atoms with E-state index < -0.39 is 0 Å². The van der Waals surface area contributed by atoms with Crippen molar-refractivity contribution in [2.75, 3.05) is 18.0 Å². The Hall–Kier alpha value is -2.24. The van der Waals surface area contributed by atoms with Crippen LogP contribution < -0.4 is 10.5 Å². The van der Waals surface area contributed by atoms with Gasteiger partial charge in [-0.15, -0.1) is 0 Å². The molecule has 24 heavy (non-hydrogen) atoms. The number of hydrogen-bond acceptors (Lipinski definition) is 5. The van der Waals surface area contributed by atoms with Gasteiger partial charge in [-0.3, -0.25) is 9.36 Å². The third kappa shape index (κ3) is 3.18. The minimum absolute atomic E-state index is 0.0808. The van der Waals surface area contributed by atoms with Crippen molar-refractivity contribution < 1.29 is 0 Å². The summed E-state index contributed by atoms with van der Waals surface area (Å²) in [6.07, 6.45) is 9.78. The summed E-state index contributed by atoms with van der Waals surface area (Å²) in [4.78, 5) is 27.8. The predicted molar refractivity (Wildman–Crippen MR) is 92.2 cm³/mol. The highest BCUT2D eigenvalue weighted by molar-refractivity contribution is 5.38. The maximum atomic E-state index is 12.1. The Morgan fingerprint density at radius 2 is 2.00 bits per heavy atom. The van der Waals surface area contributed by atoms with E-state index in [1.54, 1.807) is 17.1 Å². The monoisotopic (exact) mass is 325 g/mol. The van der Waals surface area contributed by atoms with Crippen molar-refractivity contribution in [2.24, 2.45) is 5.92 Å². The molecule has 0 unspecified atom stereocenters. The first-order valence-electron chi connectivity index (χ1n) is 8.79. The SMILES string of the molecule is Cc1cncn(CC2CCN(c3ccnc(C4CC4)n3)CC2)c1=O. The first kappa shape index (κ1) is 15.3. The maximum absolute atomic E-state index is 12.1. The Kier molecular flexibility index (Phi) is 4.04. The third-order valence-electron chi connectivity index (χ3n) is 5.07. The molecule has 2 fully saturated rings. The smallest absolute Gasteiger partial charge is 0.256 e. The molecular weight excluding hydrogens is 302 g/mol. The molecule has 6 nitrogen and oxygen atoms in total. The van der Waals surface area contributed by atoms with Crippen LogP contribution in [0, 0.1) is 12.8 Å². The zero-order valence-corrected chi connectivity index (χ0v) is 14.1. The molecule has 3 heterocycles. The van der Waals surface area contributed by atoms with Crippen molar-refractivity contribution in [3.63, 3.8) is 0 Å². The summed E-state index contributed by atoms with van der Waals surface area (Å²) < 4.78 is 1.76.